The number of nitrogens with zero attached hydrogens (tertiary/aromatic N) is 1. The molecule has 0 amide bonds. The second-order valence-electron chi connectivity index (χ2n) is 5.11. The Bertz CT molecular complexity index is 403. The molecule has 1 aliphatic rings. The average Bonchev–Trinajstić information content (AvgIpc) is 2.41. The van der Waals surface area contributed by atoms with Crippen LogP contribution in [0.5, 0.6) is 0 Å². The number of halogens is 1. The minimum absolute atomic E-state index is 0.249. The second-order valence-corrected chi connectivity index (χ2v) is 5.97. The van der Waals surface area contributed by atoms with Crippen molar-refractivity contribution in [3.05, 3.63) is 28.2 Å². The maximum absolute atomic E-state index is 5.25. The van der Waals surface area contributed by atoms with Crippen molar-refractivity contribution < 1.29 is 4.84 Å². The Labute approximate surface area is 117 Å². The maximum Gasteiger partial charge on any atom is 0.0789 e. The fourth-order valence-electron chi connectivity index (χ4n) is 2.58. The Morgan fingerprint density at radius 1 is 1.28 bits per heavy atom. The van der Waals surface area contributed by atoms with Gasteiger partial charge in [-0.1, -0.05) is 22.0 Å². The molecule has 2 rings (SSSR count). The summed E-state index contributed by atoms with van der Waals surface area (Å²) in [5, 5.41) is 0. The number of rotatable bonds is 3. The van der Waals surface area contributed by atoms with Gasteiger partial charge in [-0.15, -0.1) is 0 Å². The molecule has 1 saturated carbocycles. The molecular formula is C14H21BrN2O. The number of aryl methyl sites for hydroxylation is 1. The Morgan fingerprint density at radius 3 is 2.50 bits per heavy atom. The van der Waals surface area contributed by atoms with Gasteiger partial charge in [0.05, 0.1) is 6.10 Å². The summed E-state index contributed by atoms with van der Waals surface area (Å²) < 4.78 is 1.17. The third-order valence-corrected chi connectivity index (χ3v) is 4.80. The Kier molecular flexibility index (Phi) is 4.65. The molecule has 0 aromatic heterocycles. The Balaban J connectivity index is 2.03. The minimum Gasteiger partial charge on any atom is -0.372 e. The van der Waals surface area contributed by atoms with Gasteiger partial charge in [0.2, 0.25) is 0 Å². The summed E-state index contributed by atoms with van der Waals surface area (Å²) in [5.41, 5.74) is 2.54. The molecule has 0 spiro atoms. The number of anilines is 1. The van der Waals surface area contributed by atoms with E-state index in [1.807, 2.05) is 0 Å². The van der Waals surface area contributed by atoms with Crippen molar-refractivity contribution in [1.82, 2.24) is 0 Å². The molecule has 18 heavy (non-hydrogen) atoms. The first-order valence-corrected chi connectivity index (χ1v) is 7.25. The van der Waals surface area contributed by atoms with Gasteiger partial charge in [-0.3, -0.25) is 0 Å². The molecule has 3 nitrogen and oxygen atoms in total. The lowest BCUT2D eigenvalue weighted by Gasteiger charge is -2.35. The highest BCUT2D eigenvalue weighted by atomic mass is 79.9. The summed E-state index contributed by atoms with van der Waals surface area (Å²) in [6.45, 7) is 2.11. The predicted molar refractivity (Wildman–Crippen MR) is 78.6 cm³/mol. The van der Waals surface area contributed by atoms with Gasteiger partial charge >= 0.3 is 0 Å². The van der Waals surface area contributed by atoms with Gasteiger partial charge in [-0.05, 0) is 50.3 Å². The maximum atomic E-state index is 5.25. The van der Waals surface area contributed by atoms with Crippen molar-refractivity contribution in [2.45, 2.75) is 44.8 Å². The quantitative estimate of drug-likeness (QED) is 0.869. The molecule has 100 valence electrons. The predicted octanol–water partition coefficient (Wildman–Crippen LogP) is 3.40. The number of benzene rings is 1. The van der Waals surface area contributed by atoms with Gasteiger partial charge in [-0.25, -0.2) is 5.90 Å². The first kappa shape index (κ1) is 13.8. The molecule has 0 unspecified atom stereocenters. The zero-order chi connectivity index (χ0) is 13.1. The number of nitrogens with two attached hydrogens (primary N) is 1. The third-order valence-electron chi connectivity index (χ3n) is 3.95. The lowest BCUT2D eigenvalue weighted by atomic mass is 9.92. The number of hydrogen-bond acceptors (Lipinski definition) is 3. The molecule has 4 heteroatoms. The third kappa shape index (κ3) is 3.05. The van der Waals surface area contributed by atoms with Crippen LogP contribution in [0.25, 0.3) is 0 Å². The fourth-order valence-corrected chi connectivity index (χ4v) is 2.95. The van der Waals surface area contributed by atoms with Gasteiger partial charge in [0.25, 0.3) is 0 Å². The normalized spacial score (nSPS) is 24.0. The van der Waals surface area contributed by atoms with Crippen LogP contribution in [0.1, 0.15) is 31.2 Å². The van der Waals surface area contributed by atoms with Crippen LogP contribution in [0, 0.1) is 6.92 Å². The smallest absolute Gasteiger partial charge is 0.0789 e. The SMILES string of the molecule is Cc1ccc(N(C)C2CCC(ON)CC2)cc1Br. The molecule has 2 N–H and O–H groups in total. The van der Waals surface area contributed by atoms with Crippen molar-refractivity contribution in [2.24, 2.45) is 5.90 Å². The van der Waals surface area contributed by atoms with Crippen LogP contribution in [0.4, 0.5) is 5.69 Å². The van der Waals surface area contributed by atoms with Crippen LogP contribution in [-0.2, 0) is 4.84 Å². The topological polar surface area (TPSA) is 38.5 Å². The zero-order valence-corrected chi connectivity index (χ0v) is 12.6. The van der Waals surface area contributed by atoms with Crippen molar-refractivity contribution in [1.29, 1.82) is 0 Å². The highest BCUT2D eigenvalue weighted by Crippen LogP contribution is 2.29. The molecular weight excluding hydrogens is 292 g/mol. The van der Waals surface area contributed by atoms with E-state index in [9.17, 15) is 0 Å². The van der Waals surface area contributed by atoms with Crippen LogP contribution in [0.15, 0.2) is 22.7 Å². The van der Waals surface area contributed by atoms with E-state index in [2.05, 4.69) is 53.0 Å². The molecule has 0 atom stereocenters. The largest absolute Gasteiger partial charge is 0.372 e. The highest BCUT2D eigenvalue weighted by Gasteiger charge is 2.24. The van der Waals surface area contributed by atoms with E-state index >= 15 is 0 Å². The fraction of sp³-hybridized carbons (Fsp3) is 0.571. The molecule has 1 aromatic rings. The summed E-state index contributed by atoms with van der Waals surface area (Å²) in [5.74, 6) is 5.25. The lowest BCUT2D eigenvalue weighted by molar-refractivity contribution is 0.0243. The monoisotopic (exact) mass is 312 g/mol. The molecule has 0 saturated heterocycles. The van der Waals surface area contributed by atoms with E-state index in [0.717, 1.165) is 25.7 Å². The van der Waals surface area contributed by atoms with Gasteiger partial charge in [-0.2, -0.15) is 0 Å². The molecule has 0 bridgehead atoms. The van der Waals surface area contributed by atoms with Crippen molar-refractivity contribution in [3.8, 4) is 0 Å². The van der Waals surface area contributed by atoms with Gasteiger partial charge in [0.1, 0.15) is 0 Å². The van der Waals surface area contributed by atoms with E-state index in [0.29, 0.717) is 6.04 Å². The van der Waals surface area contributed by atoms with Crippen molar-refractivity contribution >= 4 is 21.6 Å². The van der Waals surface area contributed by atoms with E-state index in [4.69, 9.17) is 10.7 Å². The van der Waals surface area contributed by atoms with Crippen LogP contribution < -0.4 is 10.8 Å². The minimum atomic E-state index is 0.249. The van der Waals surface area contributed by atoms with Gasteiger partial charge in [0.15, 0.2) is 0 Å². The summed E-state index contributed by atoms with van der Waals surface area (Å²) in [6.07, 6.45) is 4.64. The van der Waals surface area contributed by atoms with Gasteiger partial charge < -0.3 is 9.74 Å². The van der Waals surface area contributed by atoms with Crippen LogP contribution in [0.2, 0.25) is 0 Å². The van der Waals surface area contributed by atoms with E-state index in [1.165, 1.54) is 15.7 Å². The van der Waals surface area contributed by atoms with E-state index < -0.39 is 0 Å². The highest BCUT2D eigenvalue weighted by molar-refractivity contribution is 9.10. The van der Waals surface area contributed by atoms with Crippen molar-refractivity contribution in [2.75, 3.05) is 11.9 Å². The molecule has 1 aromatic carbocycles. The second kappa shape index (κ2) is 6.04. The molecule has 1 aliphatic carbocycles. The molecule has 1 fully saturated rings. The van der Waals surface area contributed by atoms with E-state index in [1.54, 1.807) is 0 Å². The zero-order valence-electron chi connectivity index (χ0n) is 11.0. The Morgan fingerprint density at radius 2 is 1.94 bits per heavy atom. The standard InChI is InChI=1S/C14H21BrN2O/c1-10-3-4-12(9-14(10)15)17(2)11-5-7-13(18-16)8-6-11/h3-4,9,11,13H,5-8,16H2,1-2H3. The molecule has 0 aliphatic heterocycles. The lowest BCUT2D eigenvalue weighted by Crippen LogP contribution is -2.37. The molecule has 0 heterocycles. The van der Waals surface area contributed by atoms with Gasteiger partial charge in [0, 0.05) is 23.2 Å². The molecule has 0 radical (unpaired) electrons. The first-order chi connectivity index (χ1) is 8.61. The van der Waals surface area contributed by atoms with Crippen molar-refractivity contribution in [3.63, 3.8) is 0 Å². The number of hydrogen-bond donors (Lipinski definition) is 1. The van der Waals surface area contributed by atoms with Crippen LogP contribution >= 0.6 is 15.9 Å². The average molecular weight is 313 g/mol. The van der Waals surface area contributed by atoms with E-state index in [-0.39, 0.29) is 6.10 Å². The Hall–Kier alpha value is -0.580. The summed E-state index contributed by atoms with van der Waals surface area (Å²) in [4.78, 5) is 7.31. The summed E-state index contributed by atoms with van der Waals surface area (Å²) in [7, 11) is 2.17. The summed E-state index contributed by atoms with van der Waals surface area (Å²) >= 11 is 3.60. The van der Waals surface area contributed by atoms with Crippen LogP contribution in [-0.4, -0.2) is 19.2 Å². The summed E-state index contributed by atoms with van der Waals surface area (Å²) in [6, 6.07) is 7.13. The first-order valence-electron chi connectivity index (χ1n) is 6.46. The van der Waals surface area contributed by atoms with Crippen LogP contribution in [0.3, 0.4) is 0 Å².